The van der Waals surface area contributed by atoms with Gasteiger partial charge in [0, 0.05) is 0 Å². The molecule has 5 nitrogen and oxygen atoms in total. The molecule has 2 aromatic rings. The fourth-order valence-electron chi connectivity index (χ4n) is 1.97. The minimum absolute atomic E-state index is 0.0527. The van der Waals surface area contributed by atoms with Gasteiger partial charge in [-0.25, -0.2) is 0 Å². The standard InChI is InChI=1S/C13H15F3N4O/c1-2-17-11(12-8-18-20-19-12)7-9-3-5-10(6-4-9)21-13(14,15)16/h3-6,8,11,17H,2,7H2,1H3,(H,18,19,20). The quantitative estimate of drug-likeness (QED) is 0.861. The molecule has 114 valence electrons. The second-order valence-electron chi connectivity index (χ2n) is 4.40. The Bertz CT molecular complexity index is 540. The number of hydrogen-bond acceptors (Lipinski definition) is 4. The molecule has 0 spiro atoms. The lowest BCUT2D eigenvalue weighted by Crippen LogP contribution is -2.23. The third-order valence-electron chi connectivity index (χ3n) is 2.84. The molecule has 8 heteroatoms. The van der Waals surface area contributed by atoms with Crippen LogP contribution in [0.4, 0.5) is 13.2 Å². The van der Waals surface area contributed by atoms with E-state index in [1.807, 2.05) is 6.92 Å². The number of hydrogen-bond donors (Lipinski definition) is 2. The fourth-order valence-corrected chi connectivity index (χ4v) is 1.97. The van der Waals surface area contributed by atoms with Crippen molar-refractivity contribution in [1.29, 1.82) is 0 Å². The first-order chi connectivity index (χ1) is 9.98. The number of rotatable bonds is 6. The van der Waals surface area contributed by atoms with Gasteiger partial charge in [0.2, 0.25) is 0 Å². The van der Waals surface area contributed by atoms with E-state index >= 15 is 0 Å². The lowest BCUT2D eigenvalue weighted by atomic mass is 10.0. The molecule has 1 atom stereocenters. The highest BCUT2D eigenvalue weighted by molar-refractivity contribution is 5.28. The number of halogens is 3. The van der Waals surface area contributed by atoms with Crippen LogP contribution in [-0.2, 0) is 6.42 Å². The number of likely N-dealkylation sites (N-methyl/N-ethyl adjacent to an activating group) is 1. The summed E-state index contributed by atoms with van der Waals surface area (Å²) >= 11 is 0. The molecule has 2 rings (SSSR count). The zero-order valence-corrected chi connectivity index (χ0v) is 11.3. The molecule has 1 aromatic heterocycles. The van der Waals surface area contributed by atoms with Crippen molar-refractivity contribution < 1.29 is 17.9 Å². The second kappa shape index (κ2) is 6.57. The summed E-state index contributed by atoms with van der Waals surface area (Å²) in [4.78, 5) is 0. The zero-order valence-electron chi connectivity index (χ0n) is 11.3. The maximum absolute atomic E-state index is 12.1. The summed E-state index contributed by atoms with van der Waals surface area (Å²) in [6.45, 7) is 2.71. The molecule has 0 aliphatic heterocycles. The largest absolute Gasteiger partial charge is 0.573 e. The molecule has 1 aromatic carbocycles. The molecule has 0 saturated carbocycles. The first-order valence-electron chi connectivity index (χ1n) is 6.41. The Kier molecular flexibility index (Phi) is 4.79. The van der Waals surface area contributed by atoms with Gasteiger partial charge in [0.25, 0.3) is 0 Å². The Morgan fingerprint density at radius 3 is 2.52 bits per heavy atom. The van der Waals surface area contributed by atoms with E-state index < -0.39 is 6.36 Å². The van der Waals surface area contributed by atoms with Gasteiger partial charge in [-0.05, 0) is 30.7 Å². The Morgan fingerprint density at radius 1 is 1.29 bits per heavy atom. The van der Waals surface area contributed by atoms with Gasteiger partial charge in [0.1, 0.15) is 5.75 Å². The molecule has 0 aliphatic rings. The summed E-state index contributed by atoms with van der Waals surface area (Å²) in [6.07, 6.45) is -2.46. The lowest BCUT2D eigenvalue weighted by Gasteiger charge is -2.15. The van der Waals surface area contributed by atoms with Gasteiger partial charge in [0.15, 0.2) is 0 Å². The van der Waals surface area contributed by atoms with Crippen molar-refractivity contribution in [2.45, 2.75) is 25.7 Å². The molecular formula is C13H15F3N4O. The van der Waals surface area contributed by atoms with E-state index in [4.69, 9.17) is 0 Å². The topological polar surface area (TPSA) is 62.8 Å². The Labute approximate surface area is 119 Å². The molecule has 0 bridgehead atoms. The number of aromatic amines is 1. The van der Waals surface area contributed by atoms with E-state index in [1.54, 1.807) is 18.3 Å². The van der Waals surface area contributed by atoms with Crippen molar-refractivity contribution in [1.82, 2.24) is 20.7 Å². The third-order valence-corrected chi connectivity index (χ3v) is 2.84. The molecule has 0 aliphatic carbocycles. The van der Waals surface area contributed by atoms with E-state index in [2.05, 4.69) is 25.5 Å². The summed E-state index contributed by atoms with van der Waals surface area (Å²) in [5.74, 6) is -0.229. The van der Waals surface area contributed by atoms with Crippen LogP contribution in [0.1, 0.15) is 24.2 Å². The highest BCUT2D eigenvalue weighted by Crippen LogP contribution is 2.24. The first kappa shape index (κ1) is 15.3. The average Bonchev–Trinajstić information content (AvgIpc) is 2.92. The van der Waals surface area contributed by atoms with E-state index in [1.165, 1.54) is 12.1 Å². The number of benzene rings is 1. The van der Waals surface area contributed by atoms with Crippen LogP contribution in [0.3, 0.4) is 0 Å². The van der Waals surface area contributed by atoms with Crippen LogP contribution in [0.2, 0.25) is 0 Å². The van der Waals surface area contributed by atoms with E-state index in [0.717, 1.165) is 17.8 Å². The number of alkyl halides is 3. The molecule has 1 unspecified atom stereocenters. The molecule has 0 amide bonds. The Hall–Kier alpha value is -2.09. The van der Waals surface area contributed by atoms with Crippen LogP contribution in [-0.4, -0.2) is 28.3 Å². The predicted octanol–water partition coefficient (Wildman–Crippen LogP) is 2.60. The normalized spacial score (nSPS) is 13.1. The SMILES string of the molecule is CCNC(Cc1ccc(OC(F)(F)F)cc1)c1cn[nH]n1. The number of aromatic nitrogens is 3. The molecule has 0 fully saturated rings. The van der Waals surface area contributed by atoms with Crippen LogP contribution in [0, 0.1) is 0 Å². The van der Waals surface area contributed by atoms with E-state index in [-0.39, 0.29) is 11.8 Å². The van der Waals surface area contributed by atoms with Crippen molar-refractivity contribution in [2.24, 2.45) is 0 Å². The molecule has 1 heterocycles. The maximum atomic E-state index is 12.1. The van der Waals surface area contributed by atoms with Gasteiger partial charge in [-0.3, -0.25) is 0 Å². The minimum atomic E-state index is -4.67. The maximum Gasteiger partial charge on any atom is 0.573 e. The smallest absolute Gasteiger partial charge is 0.406 e. The number of nitrogens with zero attached hydrogens (tertiary/aromatic N) is 2. The minimum Gasteiger partial charge on any atom is -0.406 e. The fraction of sp³-hybridized carbons (Fsp3) is 0.385. The number of H-pyrrole nitrogens is 1. The van der Waals surface area contributed by atoms with Gasteiger partial charge in [0.05, 0.1) is 17.9 Å². The van der Waals surface area contributed by atoms with Crippen molar-refractivity contribution >= 4 is 0 Å². The van der Waals surface area contributed by atoms with Crippen LogP contribution in [0.25, 0.3) is 0 Å². The molecule has 0 radical (unpaired) electrons. The molecule has 0 saturated heterocycles. The predicted molar refractivity (Wildman–Crippen MR) is 69.6 cm³/mol. The summed E-state index contributed by atoms with van der Waals surface area (Å²) in [6, 6.07) is 5.75. The third kappa shape index (κ3) is 4.75. The molecule has 21 heavy (non-hydrogen) atoms. The van der Waals surface area contributed by atoms with Gasteiger partial charge in [-0.15, -0.1) is 13.2 Å². The van der Waals surface area contributed by atoms with Gasteiger partial charge >= 0.3 is 6.36 Å². The summed E-state index contributed by atoms with van der Waals surface area (Å²) in [5.41, 5.74) is 1.63. The van der Waals surface area contributed by atoms with Gasteiger partial charge in [-0.1, -0.05) is 19.1 Å². The van der Waals surface area contributed by atoms with Crippen molar-refractivity contribution in [3.63, 3.8) is 0 Å². The average molecular weight is 300 g/mol. The highest BCUT2D eigenvalue weighted by atomic mass is 19.4. The summed E-state index contributed by atoms with van der Waals surface area (Å²) < 4.78 is 40.1. The van der Waals surface area contributed by atoms with Crippen LogP contribution in [0.5, 0.6) is 5.75 Å². The molecule has 2 N–H and O–H groups in total. The van der Waals surface area contributed by atoms with E-state index in [9.17, 15) is 13.2 Å². The van der Waals surface area contributed by atoms with Crippen molar-refractivity contribution in [3.05, 3.63) is 41.7 Å². The van der Waals surface area contributed by atoms with Crippen LogP contribution < -0.4 is 10.1 Å². The van der Waals surface area contributed by atoms with Gasteiger partial charge in [-0.2, -0.15) is 15.4 Å². The van der Waals surface area contributed by atoms with Gasteiger partial charge < -0.3 is 10.1 Å². The number of ether oxygens (including phenoxy) is 1. The summed E-state index contributed by atoms with van der Waals surface area (Å²) in [7, 11) is 0. The van der Waals surface area contributed by atoms with E-state index in [0.29, 0.717) is 6.42 Å². The highest BCUT2D eigenvalue weighted by Gasteiger charge is 2.31. The first-order valence-corrected chi connectivity index (χ1v) is 6.41. The molecular weight excluding hydrogens is 285 g/mol. The van der Waals surface area contributed by atoms with Crippen molar-refractivity contribution in [2.75, 3.05) is 6.54 Å². The Morgan fingerprint density at radius 2 is 2.00 bits per heavy atom. The lowest BCUT2D eigenvalue weighted by molar-refractivity contribution is -0.274. The zero-order chi connectivity index (χ0) is 15.3. The van der Waals surface area contributed by atoms with Crippen LogP contribution >= 0.6 is 0 Å². The number of nitrogens with one attached hydrogen (secondary N) is 2. The summed E-state index contributed by atoms with van der Waals surface area (Å²) in [5, 5.41) is 13.6. The Balaban J connectivity index is 2.04. The second-order valence-corrected chi connectivity index (χ2v) is 4.40. The van der Waals surface area contributed by atoms with Crippen LogP contribution in [0.15, 0.2) is 30.5 Å². The monoisotopic (exact) mass is 300 g/mol. The van der Waals surface area contributed by atoms with Crippen molar-refractivity contribution in [3.8, 4) is 5.75 Å².